The Morgan fingerprint density at radius 1 is 1.35 bits per heavy atom. The van der Waals surface area contributed by atoms with Crippen molar-refractivity contribution in [3.63, 3.8) is 0 Å². The quantitative estimate of drug-likeness (QED) is 0.848. The van der Waals surface area contributed by atoms with Crippen LogP contribution in [0.4, 0.5) is 5.69 Å². The van der Waals surface area contributed by atoms with Crippen LogP contribution in [0.2, 0.25) is 0 Å². The highest BCUT2D eigenvalue weighted by atomic mass is 32.1. The molecule has 2 rings (SSSR count). The fraction of sp³-hybridized carbons (Fsp3) is 0.0714. The summed E-state index contributed by atoms with van der Waals surface area (Å²) in [6.07, 6.45) is 5.73. The van der Waals surface area contributed by atoms with Crippen LogP contribution in [0.15, 0.2) is 36.7 Å². The summed E-state index contributed by atoms with van der Waals surface area (Å²) in [5.41, 5.74) is 0.377. The Kier molecular flexibility index (Phi) is 4.27. The third-order valence-corrected chi connectivity index (χ3v) is 3.38. The normalized spacial score (nSPS) is 10.7. The minimum Gasteiger partial charge on any atom is -0.478 e. The van der Waals surface area contributed by atoms with E-state index in [1.807, 2.05) is 19.1 Å². The molecule has 20 heavy (non-hydrogen) atoms. The van der Waals surface area contributed by atoms with Crippen LogP contribution in [0.1, 0.15) is 20.1 Å². The van der Waals surface area contributed by atoms with Crippen molar-refractivity contribution in [2.45, 2.75) is 6.92 Å². The van der Waals surface area contributed by atoms with E-state index in [0.29, 0.717) is 5.69 Å². The number of carboxylic acids is 1. The number of thiophene rings is 1. The zero-order valence-electron chi connectivity index (χ0n) is 10.7. The van der Waals surface area contributed by atoms with Crippen molar-refractivity contribution < 1.29 is 14.7 Å². The number of aryl methyl sites for hydroxylation is 1. The molecule has 0 saturated heterocycles. The van der Waals surface area contributed by atoms with Crippen LogP contribution in [0.3, 0.4) is 0 Å². The molecule has 0 unspecified atom stereocenters. The Hall–Kier alpha value is -2.47. The van der Waals surface area contributed by atoms with Crippen molar-refractivity contribution in [3.05, 3.63) is 52.0 Å². The summed E-state index contributed by atoms with van der Waals surface area (Å²) in [5, 5.41) is 11.4. The summed E-state index contributed by atoms with van der Waals surface area (Å²) >= 11 is 1.59. The van der Waals surface area contributed by atoms with E-state index in [1.165, 1.54) is 29.4 Å². The maximum Gasteiger partial charge on any atom is 0.337 e. The van der Waals surface area contributed by atoms with E-state index in [4.69, 9.17) is 5.11 Å². The number of rotatable bonds is 4. The van der Waals surface area contributed by atoms with Crippen molar-refractivity contribution in [2.24, 2.45) is 0 Å². The van der Waals surface area contributed by atoms with Crippen molar-refractivity contribution in [1.82, 2.24) is 4.98 Å². The first-order chi connectivity index (χ1) is 9.54. The van der Waals surface area contributed by atoms with Crippen molar-refractivity contribution in [3.8, 4) is 0 Å². The average molecular weight is 288 g/mol. The second-order valence-corrected chi connectivity index (χ2v) is 5.36. The highest BCUT2D eigenvalue weighted by Crippen LogP contribution is 2.16. The van der Waals surface area contributed by atoms with Gasteiger partial charge in [-0.15, -0.1) is 11.3 Å². The largest absolute Gasteiger partial charge is 0.478 e. The first-order valence-corrected chi connectivity index (χ1v) is 6.60. The van der Waals surface area contributed by atoms with E-state index >= 15 is 0 Å². The molecule has 0 radical (unpaired) electrons. The number of hydrogen-bond acceptors (Lipinski definition) is 4. The van der Waals surface area contributed by atoms with Crippen LogP contribution >= 0.6 is 11.3 Å². The summed E-state index contributed by atoms with van der Waals surface area (Å²) in [7, 11) is 0. The van der Waals surface area contributed by atoms with E-state index in [2.05, 4.69) is 10.3 Å². The number of anilines is 1. The smallest absolute Gasteiger partial charge is 0.337 e. The molecule has 0 atom stereocenters. The van der Waals surface area contributed by atoms with Crippen LogP contribution in [0, 0.1) is 6.92 Å². The standard InChI is InChI=1S/C14H12N2O3S/c1-9-2-3-12(20-9)4-5-13(17)16-11-6-10(14(18)19)7-15-8-11/h2-8H,1H3,(H,16,17)(H,18,19). The topological polar surface area (TPSA) is 79.3 Å². The first-order valence-electron chi connectivity index (χ1n) is 5.78. The van der Waals surface area contributed by atoms with E-state index in [-0.39, 0.29) is 11.5 Å². The minimum absolute atomic E-state index is 0.0284. The molecule has 0 spiro atoms. The van der Waals surface area contributed by atoms with Gasteiger partial charge in [-0.25, -0.2) is 4.79 Å². The third-order valence-electron chi connectivity index (χ3n) is 2.41. The lowest BCUT2D eigenvalue weighted by molar-refractivity contribution is -0.111. The number of nitrogens with one attached hydrogen (secondary N) is 1. The Labute approximate surface area is 119 Å². The second kappa shape index (κ2) is 6.12. The molecule has 2 N–H and O–H groups in total. The summed E-state index contributed by atoms with van der Waals surface area (Å²) in [6.45, 7) is 1.99. The summed E-state index contributed by atoms with van der Waals surface area (Å²) < 4.78 is 0. The molecule has 6 heteroatoms. The molecule has 0 aliphatic rings. The third kappa shape index (κ3) is 3.76. The molecule has 2 heterocycles. The highest BCUT2D eigenvalue weighted by molar-refractivity contribution is 7.12. The number of nitrogens with zero attached hydrogens (tertiary/aromatic N) is 1. The fourth-order valence-corrected chi connectivity index (χ4v) is 2.29. The minimum atomic E-state index is -1.08. The molecule has 102 valence electrons. The zero-order valence-corrected chi connectivity index (χ0v) is 11.5. The molecule has 1 amide bonds. The maximum atomic E-state index is 11.7. The van der Waals surface area contributed by atoms with E-state index in [9.17, 15) is 9.59 Å². The molecule has 2 aromatic rings. The van der Waals surface area contributed by atoms with Gasteiger partial charge in [0.25, 0.3) is 0 Å². The zero-order chi connectivity index (χ0) is 14.5. The lowest BCUT2D eigenvalue weighted by Gasteiger charge is -2.02. The molecule has 0 aliphatic heterocycles. The van der Waals surface area contributed by atoms with Gasteiger partial charge in [-0.05, 0) is 31.2 Å². The van der Waals surface area contributed by atoms with E-state index < -0.39 is 5.97 Å². The van der Waals surface area contributed by atoms with Gasteiger partial charge in [0.2, 0.25) is 5.91 Å². The Morgan fingerprint density at radius 2 is 2.15 bits per heavy atom. The van der Waals surface area contributed by atoms with E-state index in [1.54, 1.807) is 17.4 Å². The molecule has 0 aromatic carbocycles. The van der Waals surface area contributed by atoms with E-state index in [0.717, 1.165) is 4.88 Å². The van der Waals surface area contributed by atoms with Gasteiger partial charge in [-0.1, -0.05) is 0 Å². The number of hydrogen-bond donors (Lipinski definition) is 2. The monoisotopic (exact) mass is 288 g/mol. The molecule has 0 fully saturated rings. The predicted octanol–water partition coefficient (Wildman–Crippen LogP) is 2.80. The number of carbonyl (C=O) groups is 2. The molecular formula is C14H12N2O3S. The maximum absolute atomic E-state index is 11.7. The van der Waals surface area contributed by atoms with Crippen LogP contribution in [0.25, 0.3) is 6.08 Å². The van der Waals surface area contributed by atoms with Gasteiger partial charge in [0.05, 0.1) is 17.4 Å². The van der Waals surface area contributed by atoms with Crippen LogP contribution in [0.5, 0.6) is 0 Å². The Bertz CT molecular complexity index is 677. The molecule has 0 aliphatic carbocycles. The highest BCUT2D eigenvalue weighted by Gasteiger charge is 2.05. The Balaban J connectivity index is 2.02. The van der Waals surface area contributed by atoms with Crippen LogP contribution in [-0.2, 0) is 4.79 Å². The van der Waals surface area contributed by atoms with Crippen molar-refractivity contribution >= 4 is 35.0 Å². The molecule has 5 nitrogen and oxygen atoms in total. The fourth-order valence-electron chi connectivity index (χ4n) is 1.51. The van der Waals surface area contributed by atoms with Crippen LogP contribution in [-0.4, -0.2) is 22.0 Å². The second-order valence-electron chi connectivity index (χ2n) is 4.04. The van der Waals surface area contributed by atoms with Gasteiger partial charge in [-0.2, -0.15) is 0 Å². The Morgan fingerprint density at radius 3 is 2.80 bits per heavy atom. The molecule has 2 aromatic heterocycles. The molecule has 0 saturated carbocycles. The van der Waals surface area contributed by atoms with Gasteiger partial charge in [-0.3, -0.25) is 9.78 Å². The summed E-state index contributed by atoms with van der Waals surface area (Å²) in [6, 6.07) is 5.26. The number of carbonyl (C=O) groups excluding carboxylic acids is 1. The van der Waals surface area contributed by atoms with Gasteiger partial charge >= 0.3 is 5.97 Å². The van der Waals surface area contributed by atoms with Crippen LogP contribution < -0.4 is 5.32 Å². The van der Waals surface area contributed by atoms with Crippen molar-refractivity contribution in [2.75, 3.05) is 5.32 Å². The number of carboxylic acid groups (broad SMARTS) is 1. The predicted molar refractivity (Wildman–Crippen MR) is 77.9 cm³/mol. The molecule has 0 bridgehead atoms. The van der Waals surface area contributed by atoms with Gasteiger partial charge < -0.3 is 10.4 Å². The van der Waals surface area contributed by atoms with Gasteiger partial charge in [0, 0.05) is 22.0 Å². The van der Waals surface area contributed by atoms with Crippen molar-refractivity contribution in [1.29, 1.82) is 0 Å². The lowest BCUT2D eigenvalue weighted by Crippen LogP contribution is -2.09. The SMILES string of the molecule is Cc1ccc(C=CC(=O)Nc2cncc(C(=O)O)c2)s1. The summed E-state index contributed by atoms with van der Waals surface area (Å²) in [4.78, 5) is 28.4. The number of aromatic nitrogens is 1. The lowest BCUT2D eigenvalue weighted by atomic mass is 10.2. The molecular weight excluding hydrogens is 276 g/mol. The average Bonchev–Trinajstić information content (AvgIpc) is 2.82. The number of aromatic carboxylic acids is 1. The first kappa shape index (κ1) is 14.0. The number of pyridine rings is 1. The number of amides is 1. The van der Waals surface area contributed by atoms with Gasteiger partial charge in [0.15, 0.2) is 0 Å². The van der Waals surface area contributed by atoms with Gasteiger partial charge in [0.1, 0.15) is 0 Å². The summed E-state index contributed by atoms with van der Waals surface area (Å²) in [5.74, 6) is -1.42.